The number of aliphatic carboxylic acids is 1. The Balaban J connectivity index is 4.01. The summed E-state index contributed by atoms with van der Waals surface area (Å²) in [4.78, 5) is 22.5. The summed E-state index contributed by atoms with van der Waals surface area (Å²) in [5.74, 6) is -0.579. The second-order valence-electron chi connectivity index (χ2n) is 5.66. The standard InChI is InChI=1S/C13H22F3NO4S/c1-12(2,3)21-11(20)17-9(10(18)19)5-8-22-7-4-6-13(14,15)16/h9H,4-8H2,1-3H3,(H,17,20)(H,18,19). The highest BCUT2D eigenvalue weighted by Gasteiger charge is 2.26. The summed E-state index contributed by atoms with van der Waals surface area (Å²) in [6, 6.07) is -1.12. The summed E-state index contributed by atoms with van der Waals surface area (Å²) in [6.07, 6.45) is -5.74. The van der Waals surface area contributed by atoms with Crippen LogP contribution in [0.15, 0.2) is 0 Å². The van der Waals surface area contributed by atoms with E-state index in [1.54, 1.807) is 20.8 Å². The molecule has 0 aliphatic carbocycles. The summed E-state index contributed by atoms with van der Waals surface area (Å²) in [7, 11) is 0. The quantitative estimate of drug-likeness (QED) is 0.659. The Morgan fingerprint density at radius 1 is 1.23 bits per heavy atom. The number of carbonyl (C=O) groups excluding carboxylic acids is 1. The molecule has 0 bridgehead atoms. The molecule has 0 radical (unpaired) electrons. The second kappa shape index (κ2) is 9.12. The maximum atomic E-state index is 11.9. The smallest absolute Gasteiger partial charge is 0.408 e. The lowest BCUT2D eigenvalue weighted by atomic mass is 10.2. The molecule has 2 N–H and O–H groups in total. The number of rotatable bonds is 8. The van der Waals surface area contributed by atoms with E-state index in [4.69, 9.17) is 9.84 Å². The van der Waals surface area contributed by atoms with E-state index in [9.17, 15) is 22.8 Å². The number of hydrogen-bond acceptors (Lipinski definition) is 4. The number of carbonyl (C=O) groups is 2. The molecule has 5 nitrogen and oxygen atoms in total. The molecule has 0 saturated heterocycles. The van der Waals surface area contributed by atoms with Crippen LogP contribution in [0.5, 0.6) is 0 Å². The summed E-state index contributed by atoms with van der Waals surface area (Å²) < 4.78 is 40.7. The number of alkyl halides is 3. The molecule has 0 aromatic carbocycles. The predicted molar refractivity (Wildman–Crippen MR) is 78.0 cm³/mol. The fourth-order valence-electron chi connectivity index (χ4n) is 1.39. The van der Waals surface area contributed by atoms with Crippen molar-refractivity contribution in [2.75, 3.05) is 11.5 Å². The van der Waals surface area contributed by atoms with Crippen molar-refractivity contribution in [2.45, 2.75) is 57.9 Å². The SMILES string of the molecule is CC(C)(C)OC(=O)NC(CCSCCCC(F)(F)F)C(=O)O. The molecule has 0 fully saturated rings. The summed E-state index contributed by atoms with van der Waals surface area (Å²) >= 11 is 1.22. The van der Waals surface area contributed by atoms with Crippen LogP contribution in [0.2, 0.25) is 0 Å². The van der Waals surface area contributed by atoms with Gasteiger partial charge in [0.2, 0.25) is 0 Å². The molecule has 0 aromatic rings. The predicted octanol–water partition coefficient (Wildman–Crippen LogP) is 3.43. The molecule has 0 rings (SSSR count). The Bertz CT molecular complexity index is 369. The molecule has 130 valence electrons. The van der Waals surface area contributed by atoms with Crippen LogP contribution in [0.4, 0.5) is 18.0 Å². The Hall–Kier alpha value is -1.12. The minimum absolute atomic E-state index is 0.00853. The monoisotopic (exact) mass is 345 g/mol. The topological polar surface area (TPSA) is 75.6 Å². The number of carboxylic acid groups (broad SMARTS) is 1. The molecule has 9 heteroatoms. The zero-order chi connectivity index (χ0) is 17.4. The third kappa shape index (κ3) is 12.6. The molecule has 0 aromatic heterocycles. The molecular weight excluding hydrogens is 323 g/mol. The van der Waals surface area contributed by atoms with Crippen LogP contribution < -0.4 is 5.32 Å². The third-order valence-corrected chi connectivity index (χ3v) is 3.39. The first kappa shape index (κ1) is 20.9. The van der Waals surface area contributed by atoms with Gasteiger partial charge in [0.25, 0.3) is 0 Å². The van der Waals surface area contributed by atoms with Crippen molar-refractivity contribution < 1.29 is 32.6 Å². The minimum atomic E-state index is -4.16. The average Bonchev–Trinajstić information content (AvgIpc) is 2.27. The number of thioether (sulfide) groups is 1. The van der Waals surface area contributed by atoms with Crippen LogP contribution in [0, 0.1) is 0 Å². The Labute approximate surface area is 132 Å². The number of carboxylic acids is 1. The molecule has 0 aliphatic rings. The molecule has 0 aliphatic heterocycles. The number of amides is 1. The van der Waals surface area contributed by atoms with Crippen molar-refractivity contribution in [1.82, 2.24) is 5.32 Å². The van der Waals surface area contributed by atoms with E-state index in [2.05, 4.69) is 5.32 Å². The van der Waals surface area contributed by atoms with Crippen molar-refractivity contribution in [3.8, 4) is 0 Å². The van der Waals surface area contributed by atoms with Crippen molar-refractivity contribution in [1.29, 1.82) is 0 Å². The van der Waals surface area contributed by atoms with Gasteiger partial charge in [-0.1, -0.05) is 0 Å². The molecule has 0 saturated carbocycles. The van der Waals surface area contributed by atoms with Crippen LogP contribution >= 0.6 is 11.8 Å². The normalized spacial score (nSPS) is 13.5. The third-order valence-electron chi connectivity index (χ3n) is 2.29. The molecule has 22 heavy (non-hydrogen) atoms. The molecular formula is C13H22F3NO4S. The average molecular weight is 345 g/mol. The van der Waals surface area contributed by atoms with Gasteiger partial charge in [-0.25, -0.2) is 9.59 Å². The van der Waals surface area contributed by atoms with Crippen LogP contribution in [0.25, 0.3) is 0 Å². The number of nitrogens with one attached hydrogen (secondary N) is 1. The molecule has 0 heterocycles. The molecule has 1 unspecified atom stereocenters. The fraction of sp³-hybridized carbons (Fsp3) is 0.846. The van der Waals surface area contributed by atoms with Crippen LogP contribution in [-0.4, -0.2) is 46.5 Å². The molecule has 0 spiro atoms. The first-order chi connectivity index (χ1) is 9.91. The summed E-state index contributed by atoms with van der Waals surface area (Å²) in [6.45, 7) is 4.95. The Morgan fingerprint density at radius 3 is 2.27 bits per heavy atom. The largest absolute Gasteiger partial charge is 0.480 e. The van der Waals surface area contributed by atoms with Gasteiger partial charge in [0.05, 0.1) is 0 Å². The van der Waals surface area contributed by atoms with Gasteiger partial charge in [-0.15, -0.1) is 0 Å². The molecule has 1 amide bonds. The van der Waals surface area contributed by atoms with E-state index in [-0.39, 0.29) is 18.6 Å². The van der Waals surface area contributed by atoms with Crippen molar-refractivity contribution >= 4 is 23.8 Å². The Kier molecular flexibility index (Phi) is 8.65. The highest BCUT2D eigenvalue weighted by atomic mass is 32.2. The van der Waals surface area contributed by atoms with Gasteiger partial charge in [-0.05, 0) is 45.1 Å². The van der Waals surface area contributed by atoms with Gasteiger partial charge in [0, 0.05) is 6.42 Å². The first-order valence-electron chi connectivity index (χ1n) is 6.77. The maximum absolute atomic E-state index is 11.9. The lowest BCUT2D eigenvalue weighted by Crippen LogP contribution is -2.43. The van der Waals surface area contributed by atoms with Gasteiger partial charge in [0.1, 0.15) is 11.6 Å². The highest BCUT2D eigenvalue weighted by Crippen LogP contribution is 2.22. The van der Waals surface area contributed by atoms with Crippen LogP contribution in [0.1, 0.15) is 40.0 Å². The van der Waals surface area contributed by atoms with Crippen LogP contribution in [0.3, 0.4) is 0 Å². The van der Waals surface area contributed by atoms with E-state index in [1.807, 2.05) is 0 Å². The van der Waals surface area contributed by atoms with E-state index in [0.29, 0.717) is 5.75 Å². The second-order valence-corrected chi connectivity index (χ2v) is 6.88. The van der Waals surface area contributed by atoms with Gasteiger partial charge < -0.3 is 15.2 Å². The zero-order valence-electron chi connectivity index (χ0n) is 12.8. The number of ether oxygens (including phenoxy) is 1. The fourth-order valence-corrected chi connectivity index (χ4v) is 2.34. The minimum Gasteiger partial charge on any atom is -0.480 e. The van der Waals surface area contributed by atoms with Gasteiger partial charge in [0.15, 0.2) is 0 Å². The summed E-state index contributed by atoms with van der Waals surface area (Å²) in [5, 5.41) is 11.2. The van der Waals surface area contributed by atoms with E-state index < -0.39 is 36.3 Å². The van der Waals surface area contributed by atoms with E-state index in [1.165, 1.54) is 11.8 Å². The van der Waals surface area contributed by atoms with Gasteiger partial charge in [-0.2, -0.15) is 24.9 Å². The zero-order valence-corrected chi connectivity index (χ0v) is 13.6. The lowest BCUT2D eigenvalue weighted by molar-refractivity contribution is -0.139. The van der Waals surface area contributed by atoms with Crippen molar-refractivity contribution in [3.05, 3.63) is 0 Å². The van der Waals surface area contributed by atoms with Gasteiger partial charge in [-0.3, -0.25) is 0 Å². The van der Waals surface area contributed by atoms with Crippen LogP contribution in [-0.2, 0) is 9.53 Å². The number of halogens is 3. The number of hydrogen-bond donors (Lipinski definition) is 2. The highest BCUT2D eigenvalue weighted by molar-refractivity contribution is 7.99. The first-order valence-corrected chi connectivity index (χ1v) is 7.93. The van der Waals surface area contributed by atoms with Crippen molar-refractivity contribution in [3.63, 3.8) is 0 Å². The van der Waals surface area contributed by atoms with E-state index >= 15 is 0 Å². The van der Waals surface area contributed by atoms with Crippen molar-refractivity contribution in [2.24, 2.45) is 0 Å². The number of alkyl carbamates (subject to hydrolysis) is 1. The van der Waals surface area contributed by atoms with E-state index in [0.717, 1.165) is 0 Å². The molecule has 1 atom stereocenters. The Morgan fingerprint density at radius 2 is 1.82 bits per heavy atom. The van der Waals surface area contributed by atoms with Gasteiger partial charge >= 0.3 is 18.2 Å². The lowest BCUT2D eigenvalue weighted by Gasteiger charge is -2.21. The maximum Gasteiger partial charge on any atom is 0.408 e. The summed E-state index contributed by atoms with van der Waals surface area (Å²) in [5.41, 5.74) is -0.737.